The Morgan fingerprint density at radius 3 is 3.08 bits per heavy atom. The van der Waals surface area contributed by atoms with Gasteiger partial charge in [0.25, 0.3) is 0 Å². The first-order valence-corrected chi connectivity index (χ1v) is 10.3. The summed E-state index contributed by atoms with van der Waals surface area (Å²) in [6.07, 6.45) is 6.05. The minimum absolute atomic E-state index is 0.0701. The molecule has 0 radical (unpaired) electrons. The van der Waals surface area contributed by atoms with Crippen molar-refractivity contribution in [2.24, 2.45) is 0 Å². The van der Waals surface area contributed by atoms with Crippen LogP contribution in [0.5, 0.6) is 0 Å². The van der Waals surface area contributed by atoms with E-state index in [4.69, 9.17) is 0 Å². The molecule has 0 bridgehead atoms. The first kappa shape index (κ1) is 18.8. The van der Waals surface area contributed by atoms with Gasteiger partial charge in [-0.3, -0.25) is 0 Å². The van der Waals surface area contributed by atoms with Crippen LogP contribution >= 0.6 is 11.3 Å². The topological polar surface area (TPSA) is 45.2 Å². The number of hydrogen-bond donors (Lipinski definition) is 1. The minimum atomic E-state index is -0.252. The van der Waals surface area contributed by atoms with Gasteiger partial charge in [0.05, 0.1) is 23.3 Å². The lowest BCUT2D eigenvalue weighted by atomic mass is 10.0. The molecule has 0 saturated carbocycles. The summed E-state index contributed by atoms with van der Waals surface area (Å²) in [7, 11) is 0. The molecule has 2 aromatic rings. The minimum Gasteiger partial charge on any atom is -0.332 e. The summed E-state index contributed by atoms with van der Waals surface area (Å²) < 4.78 is 13.7. The molecule has 1 aliphatic rings. The van der Waals surface area contributed by atoms with Crippen LogP contribution in [-0.4, -0.2) is 22.5 Å². The van der Waals surface area contributed by atoms with Crippen molar-refractivity contribution in [3.63, 3.8) is 0 Å². The molecule has 1 aliphatic heterocycles. The fourth-order valence-electron chi connectivity index (χ4n) is 3.44. The van der Waals surface area contributed by atoms with Gasteiger partial charge in [-0.25, -0.2) is 14.2 Å². The van der Waals surface area contributed by atoms with Gasteiger partial charge in [0.1, 0.15) is 5.82 Å². The van der Waals surface area contributed by atoms with E-state index in [1.165, 1.54) is 6.07 Å². The number of rotatable bonds is 5. The number of halogens is 1. The van der Waals surface area contributed by atoms with E-state index in [0.29, 0.717) is 13.1 Å². The molecule has 140 valence electrons. The third kappa shape index (κ3) is 4.81. The summed E-state index contributed by atoms with van der Waals surface area (Å²) in [5.41, 5.74) is 1.78. The third-order valence-corrected chi connectivity index (χ3v) is 5.69. The first-order chi connectivity index (χ1) is 12.7. The predicted molar refractivity (Wildman–Crippen MR) is 103 cm³/mol. The molecule has 1 aromatic carbocycles. The molecule has 0 unspecified atom stereocenters. The Bertz CT molecular complexity index is 733. The van der Waals surface area contributed by atoms with Crippen LogP contribution in [0.1, 0.15) is 61.3 Å². The van der Waals surface area contributed by atoms with Gasteiger partial charge < -0.3 is 10.2 Å². The number of aromatic nitrogens is 1. The standard InChI is InChI=1S/C20H26FN3OS/c1-2-7-19-23-17(14-26-19)13-22-20(25)24-11-5-3-4-10-18(24)15-8-6-9-16(21)12-15/h6,8-9,12,14,18H,2-5,7,10-11,13H2,1H3,(H,22,25)/t18-/m1/s1. The van der Waals surface area contributed by atoms with Crippen LogP contribution < -0.4 is 5.32 Å². The molecule has 2 amide bonds. The molecule has 1 N–H and O–H groups in total. The normalized spacial score (nSPS) is 17.8. The van der Waals surface area contributed by atoms with Crippen LogP contribution in [0.3, 0.4) is 0 Å². The lowest BCUT2D eigenvalue weighted by Gasteiger charge is -2.30. The van der Waals surface area contributed by atoms with Crippen molar-refractivity contribution in [2.75, 3.05) is 6.54 Å². The Morgan fingerprint density at radius 2 is 2.27 bits per heavy atom. The van der Waals surface area contributed by atoms with Gasteiger partial charge >= 0.3 is 6.03 Å². The average Bonchev–Trinajstić information content (AvgIpc) is 2.93. The zero-order valence-corrected chi connectivity index (χ0v) is 16.0. The van der Waals surface area contributed by atoms with Crippen molar-refractivity contribution in [3.8, 4) is 0 Å². The highest BCUT2D eigenvalue weighted by Crippen LogP contribution is 2.30. The largest absolute Gasteiger partial charge is 0.332 e. The van der Waals surface area contributed by atoms with Gasteiger partial charge in [0.2, 0.25) is 0 Å². The summed E-state index contributed by atoms with van der Waals surface area (Å²) >= 11 is 1.65. The number of amides is 2. The Morgan fingerprint density at radius 1 is 1.38 bits per heavy atom. The SMILES string of the molecule is CCCc1nc(CNC(=O)N2CCCCC[C@@H]2c2cccc(F)c2)cs1. The Labute approximate surface area is 158 Å². The number of benzene rings is 1. The molecule has 1 fully saturated rings. The smallest absolute Gasteiger partial charge is 0.318 e. The molecule has 0 aliphatic carbocycles. The maximum absolute atomic E-state index is 13.7. The van der Waals surface area contributed by atoms with E-state index >= 15 is 0 Å². The number of thiazole rings is 1. The van der Waals surface area contributed by atoms with Crippen LogP contribution in [-0.2, 0) is 13.0 Å². The van der Waals surface area contributed by atoms with Gasteiger partial charge in [-0.2, -0.15) is 0 Å². The number of nitrogens with one attached hydrogen (secondary N) is 1. The molecular weight excluding hydrogens is 349 g/mol. The molecule has 1 saturated heterocycles. The second-order valence-electron chi connectivity index (χ2n) is 6.75. The van der Waals surface area contributed by atoms with Crippen LogP contribution in [0.15, 0.2) is 29.6 Å². The summed E-state index contributed by atoms with van der Waals surface area (Å²) in [5.74, 6) is -0.252. The van der Waals surface area contributed by atoms with E-state index in [1.807, 2.05) is 16.3 Å². The zero-order valence-electron chi connectivity index (χ0n) is 15.2. The Hall–Kier alpha value is -1.95. The predicted octanol–water partition coefficient (Wildman–Crippen LogP) is 5.06. The number of aryl methyl sites for hydroxylation is 1. The van der Waals surface area contributed by atoms with Gasteiger partial charge in [0.15, 0.2) is 0 Å². The van der Waals surface area contributed by atoms with Gasteiger partial charge in [-0.05, 0) is 43.4 Å². The maximum atomic E-state index is 13.7. The second kappa shape index (κ2) is 9.12. The lowest BCUT2D eigenvalue weighted by Crippen LogP contribution is -2.42. The van der Waals surface area contributed by atoms with E-state index in [1.54, 1.807) is 23.5 Å². The summed E-state index contributed by atoms with van der Waals surface area (Å²) in [6, 6.07) is 6.46. The lowest BCUT2D eigenvalue weighted by molar-refractivity contribution is 0.175. The van der Waals surface area contributed by atoms with Gasteiger partial charge in [-0.1, -0.05) is 31.9 Å². The maximum Gasteiger partial charge on any atom is 0.318 e. The van der Waals surface area contributed by atoms with Crippen LogP contribution in [0, 0.1) is 5.82 Å². The molecule has 4 nitrogen and oxygen atoms in total. The number of carbonyl (C=O) groups excluding carboxylic acids is 1. The van der Waals surface area contributed by atoms with Gasteiger partial charge in [-0.15, -0.1) is 11.3 Å². The summed E-state index contributed by atoms with van der Waals surface area (Å²) in [5, 5.41) is 6.13. The highest BCUT2D eigenvalue weighted by atomic mass is 32.1. The van der Waals surface area contributed by atoms with E-state index < -0.39 is 0 Å². The van der Waals surface area contributed by atoms with E-state index in [-0.39, 0.29) is 17.9 Å². The van der Waals surface area contributed by atoms with Crippen molar-refractivity contribution >= 4 is 17.4 Å². The van der Waals surface area contributed by atoms with Crippen molar-refractivity contribution in [1.82, 2.24) is 15.2 Å². The first-order valence-electron chi connectivity index (χ1n) is 9.40. The Balaban J connectivity index is 1.67. The molecule has 1 aromatic heterocycles. The van der Waals surface area contributed by atoms with Crippen molar-refractivity contribution < 1.29 is 9.18 Å². The summed E-state index contributed by atoms with van der Waals surface area (Å²) in [6.45, 7) is 3.27. The number of urea groups is 1. The molecule has 6 heteroatoms. The molecular formula is C20H26FN3OS. The average molecular weight is 376 g/mol. The van der Waals surface area contributed by atoms with Crippen molar-refractivity contribution in [3.05, 3.63) is 51.7 Å². The quantitative estimate of drug-likeness (QED) is 0.794. The van der Waals surface area contributed by atoms with E-state index in [2.05, 4.69) is 17.2 Å². The van der Waals surface area contributed by atoms with E-state index in [0.717, 1.165) is 54.8 Å². The molecule has 1 atom stereocenters. The summed E-state index contributed by atoms with van der Waals surface area (Å²) in [4.78, 5) is 19.2. The highest BCUT2D eigenvalue weighted by Gasteiger charge is 2.27. The van der Waals surface area contributed by atoms with Crippen LogP contribution in [0.4, 0.5) is 9.18 Å². The number of likely N-dealkylation sites (tertiary alicyclic amines) is 1. The van der Waals surface area contributed by atoms with Crippen molar-refractivity contribution in [2.45, 2.75) is 58.0 Å². The molecule has 26 heavy (non-hydrogen) atoms. The fourth-order valence-corrected chi connectivity index (χ4v) is 4.34. The highest BCUT2D eigenvalue weighted by molar-refractivity contribution is 7.09. The van der Waals surface area contributed by atoms with Crippen LogP contribution in [0.2, 0.25) is 0 Å². The number of carbonyl (C=O) groups is 1. The Kier molecular flexibility index (Phi) is 6.61. The number of nitrogens with zero attached hydrogens (tertiary/aromatic N) is 2. The zero-order chi connectivity index (χ0) is 18.4. The van der Waals surface area contributed by atoms with Crippen LogP contribution in [0.25, 0.3) is 0 Å². The molecule has 0 spiro atoms. The third-order valence-electron chi connectivity index (χ3n) is 4.73. The molecule has 2 heterocycles. The van der Waals surface area contributed by atoms with Gasteiger partial charge in [0, 0.05) is 11.9 Å². The molecule has 3 rings (SSSR count). The van der Waals surface area contributed by atoms with Crippen molar-refractivity contribution in [1.29, 1.82) is 0 Å². The van der Waals surface area contributed by atoms with E-state index in [9.17, 15) is 9.18 Å². The monoisotopic (exact) mass is 375 g/mol. The fraction of sp³-hybridized carbons (Fsp3) is 0.500. The number of hydrogen-bond acceptors (Lipinski definition) is 3. The second-order valence-corrected chi connectivity index (χ2v) is 7.70.